The van der Waals surface area contributed by atoms with Crippen LogP contribution in [0.1, 0.15) is 24.3 Å². The van der Waals surface area contributed by atoms with E-state index < -0.39 is 0 Å². The number of aromatic nitrogens is 5. The van der Waals surface area contributed by atoms with Crippen molar-refractivity contribution in [2.24, 2.45) is 0 Å². The quantitative estimate of drug-likeness (QED) is 0.453. The number of hydrogen-bond acceptors (Lipinski definition) is 9. The highest BCUT2D eigenvalue weighted by Crippen LogP contribution is 2.44. The number of methoxy groups -OCH3 is 1. The van der Waals surface area contributed by atoms with Gasteiger partial charge in [0.05, 0.1) is 30.7 Å². The summed E-state index contributed by atoms with van der Waals surface area (Å²) >= 11 is 0. The second-order valence-corrected chi connectivity index (χ2v) is 8.65. The van der Waals surface area contributed by atoms with Gasteiger partial charge in [-0.2, -0.15) is 0 Å². The van der Waals surface area contributed by atoms with Crippen molar-refractivity contribution in [1.82, 2.24) is 30.2 Å². The average molecular weight is 455 g/mol. The number of piperazine rings is 1. The first kappa shape index (κ1) is 20.7. The molecule has 4 aromatic heterocycles. The fourth-order valence-corrected chi connectivity index (χ4v) is 4.39. The van der Waals surface area contributed by atoms with Crippen LogP contribution >= 0.6 is 0 Å². The van der Waals surface area contributed by atoms with Crippen LogP contribution in [0.2, 0.25) is 0 Å². The molecular formula is C25H26N8O. The molecule has 0 radical (unpaired) electrons. The topological polar surface area (TPSA) is 101 Å². The van der Waals surface area contributed by atoms with Gasteiger partial charge in [-0.15, -0.1) is 0 Å². The van der Waals surface area contributed by atoms with Crippen LogP contribution in [0.25, 0.3) is 22.3 Å². The van der Waals surface area contributed by atoms with Gasteiger partial charge < -0.3 is 20.3 Å². The van der Waals surface area contributed by atoms with Gasteiger partial charge in [0.25, 0.3) is 0 Å². The summed E-state index contributed by atoms with van der Waals surface area (Å²) in [7, 11) is 1.60. The normalized spacial score (nSPS) is 16.0. The highest BCUT2D eigenvalue weighted by Gasteiger charge is 2.29. The number of nitrogens with zero attached hydrogens (tertiary/aromatic N) is 6. The van der Waals surface area contributed by atoms with Crippen molar-refractivity contribution in [3.05, 3.63) is 54.6 Å². The van der Waals surface area contributed by atoms with Crippen LogP contribution < -0.4 is 20.3 Å². The van der Waals surface area contributed by atoms with E-state index in [1.54, 1.807) is 19.5 Å². The second-order valence-electron chi connectivity index (χ2n) is 8.65. The Morgan fingerprint density at radius 3 is 2.68 bits per heavy atom. The summed E-state index contributed by atoms with van der Waals surface area (Å²) in [5, 5.41) is 7.89. The smallest absolute Gasteiger partial charge is 0.213 e. The van der Waals surface area contributed by atoms with Gasteiger partial charge in [-0.3, -0.25) is 4.98 Å². The highest BCUT2D eigenvalue weighted by atomic mass is 16.5. The molecule has 1 aliphatic heterocycles. The van der Waals surface area contributed by atoms with E-state index in [0.717, 1.165) is 54.2 Å². The third kappa shape index (κ3) is 4.10. The van der Waals surface area contributed by atoms with Crippen molar-refractivity contribution in [2.75, 3.05) is 43.5 Å². The van der Waals surface area contributed by atoms with E-state index in [2.05, 4.69) is 30.5 Å². The number of ether oxygens (including phenoxy) is 1. The highest BCUT2D eigenvalue weighted by molar-refractivity contribution is 5.94. The Balaban J connectivity index is 1.40. The number of rotatable bonds is 6. The van der Waals surface area contributed by atoms with Crippen molar-refractivity contribution in [2.45, 2.75) is 18.8 Å². The first-order valence-corrected chi connectivity index (χ1v) is 11.6. The molecule has 1 aliphatic carbocycles. The standard InChI is InChI=1S/C25H26N8O/c1-34-22-5-4-18(13-29-22)30-21-12-17(6-7-28-21)24-31-20-15-27-14-19(16-2-3-16)23(20)25(32-24)33-10-8-26-9-11-33/h4-7,12-16,26H,2-3,8-11H2,1H3,(H,28,30). The summed E-state index contributed by atoms with van der Waals surface area (Å²) in [6.45, 7) is 3.74. The molecule has 1 saturated heterocycles. The van der Waals surface area contributed by atoms with E-state index in [1.807, 2.05) is 36.7 Å². The Kier molecular flexibility index (Phi) is 5.38. The monoisotopic (exact) mass is 454 g/mol. The van der Waals surface area contributed by atoms with Crippen LogP contribution in [-0.2, 0) is 0 Å². The Labute approximate surface area is 197 Å². The summed E-state index contributed by atoms with van der Waals surface area (Å²) in [5.74, 6) is 3.52. The van der Waals surface area contributed by atoms with Crippen LogP contribution in [0.5, 0.6) is 5.88 Å². The number of nitrogens with one attached hydrogen (secondary N) is 2. The minimum absolute atomic E-state index is 0.566. The van der Waals surface area contributed by atoms with Gasteiger partial charge >= 0.3 is 0 Å². The van der Waals surface area contributed by atoms with E-state index in [4.69, 9.17) is 14.7 Å². The van der Waals surface area contributed by atoms with Crippen LogP contribution in [-0.4, -0.2) is 58.2 Å². The molecule has 5 heterocycles. The minimum atomic E-state index is 0.566. The molecule has 4 aromatic rings. The number of pyridine rings is 3. The van der Waals surface area contributed by atoms with E-state index in [-0.39, 0.29) is 0 Å². The maximum atomic E-state index is 5.14. The molecule has 6 rings (SSSR count). The van der Waals surface area contributed by atoms with Crippen molar-refractivity contribution >= 4 is 28.2 Å². The molecule has 0 amide bonds. The second kappa shape index (κ2) is 8.83. The Hall–Kier alpha value is -3.85. The van der Waals surface area contributed by atoms with Gasteiger partial charge in [-0.25, -0.2) is 19.9 Å². The lowest BCUT2D eigenvalue weighted by atomic mass is 10.1. The van der Waals surface area contributed by atoms with Crippen molar-refractivity contribution in [1.29, 1.82) is 0 Å². The van der Waals surface area contributed by atoms with E-state index in [1.165, 1.54) is 18.4 Å². The zero-order valence-electron chi connectivity index (χ0n) is 19.0. The zero-order chi connectivity index (χ0) is 22.9. The number of fused-ring (bicyclic) bond motifs is 1. The number of hydrogen-bond donors (Lipinski definition) is 2. The molecule has 0 spiro atoms. The van der Waals surface area contributed by atoms with E-state index in [9.17, 15) is 0 Å². The lowest BCUT2D eigenvalue weighted by Crippen LogP contribution is -2.44. The third-order valence-corrected chi connectivity index (χ3v) is 6.29. The molecule has 34 heavy (non-hydrogen) atoms. The fourth-order valence-electron chi connectivity index (χ4n) is 4.39. The zero-order valence-corrected chi connectivity index (χ0v) is 19.0. The molecule has 0 unspecified atom stereocenters. The largest absolute Gasteiger partial charge is 0.481 e. The lowest BCUT2D eigenvalue weighted by Gasteiger charge is -2.30. The average Bonchev–Trinajstić information content (AvgIpc) is 3.74. The molecular weight excluding hydrogens is 428 g/mol. The molecule has 2 aliphatic rings. The lowest BCUT2D eigenvalue weighted by molar-refractivity contribution is 0.398. The summed E-state index contributed by atoms with van der Waals surface area (Å²) in [4.78, 5) is 25.7. The summed E-state index contributed by atoms with van der Waals surface area (Å²) < 4.78 is 5.14. The van der Waals surface area contributed by atoms with Crippen LogP contribution in [0.4, 0.5) is 17.3 Å². The Bertz CT molecular complexity index is 1320. The van der Waals surface area contributed by atoms with E-state index in [0.29, 0.717) is 23.4 Å². The maximum Gasteiger partial charge on any atom is 0.213 e. The first-order chi connectivity index (χ1) is 16.8. The Morgan fingerprint density at radius 1 is 1.03 bits per heavy atom. The van der Waals surface area contributed by atoms with Gasteiger partial charge in [0.1, 0.15) is 11.6 Å². The molecule has 0 atom stereocenters. The number of anilines is 3. The fraction of sp³-hybridized carbons (Fsp3) is 0.320. The predicted molar refractivity (Wildman–Crippen MR) is 132 cm³/mol. The summed E-state index contributed by atoms with van der Waals surface area (Å²) in [5.41, 5.74) is 3.90. The van der Waals surface area contributed by atoms with Gasteiger partial charge in [0.15, 0.2) is 5.82 Å². The van der Waals surface area contributed by atoms with Crippen molar-refractivity contribution in [3.63, 3.8) is 0 Å². The van der Waals surface area contributed by atoms with Gasteiger partial charge in [0.2, 0.25) is 5.88 Å². The van der Waals surface area contributed by atoms with Gasteiger partial charge in [-0.05, 0) is 42.5 Å². The summed E-state index contributed by atoms with van der Waals surface area (Å²) in [6, 6.07) is 7.62. The molecule has 0 aromatic carbocycles. The molecule has 172 valence electrons. The summed E-state index contributed by atoms with van der Waals surface area (Å²) in [6.07, 6.45) is 9.78. The van der Waals surface area contributed by atoms with Gasteiger partial charge in [-0.1, -0.05) is 0 Å². The van der Waals surface area contributed by atoms with Crippen LogP contribution in [0.15, 0.2) is 49.1 Å². The van der Waals surface area contributed by atoms with E-state index >= 15 is 0 Å². The maximum absolute atomic E-state index is 5.14. The minimum Gasteiger partial charge on any atom is -0.481 e. The molecule has 2 fully saturated rings. The van der Waals surface area contributed by atoms with Crippen LogP contribution in [0, 0.1) is 0 Å². The molecule has 2 N–H and O–H groups in total. The molecule has 9 nitrogen and oxygen atoms in total. The van der Waals surface area contributed by atoms with Crippen LogP contribution in [0.3, 0.4) is 0 Å². The van der Waals surface area contributed by atoms with Crippen molar-refractivity contribution < 1.29 is 4.74 Å². The molecule has 9 heteroatoms. The molecule has 1 saturated carbocycles. The first-order valence-electron chi connectivity index (χ1n) is 11.6. The van der Waals surface area contributed by atoms with Crippen molar-refractivity contribution in [3.8, 4) is 17.3 Å². The molecule has 0 bridgehead atoms. The third-order valence-electron chi connectivity index (χ3n) is 6.29. The Morgan fingerprint density at radius 2 is 1.91 bits per heavy atom. The predicted octanol–water partition coefficient (Wildman–Crippen LogP) is 3.52. The SMILES string of the molecule is COc1ccc(Nc2cc(-c3nc(N4CCNCC4)c4c(C5CC5)cncc4n3)ccn2)cn1. The van der Waals surface area contributed by atoms with Gasteiger partial charge in [0, 0.05) is 55.6 Å².